The number of amides is 1. The first-order valence-electron chi connectivity index (χ1n) is 10.9. The second-order valence-corrected chi connectivity index (χ2v) is 8.99. The molecule has 0 aliphatic carbocycles. The number of aromatic nitrogens is 3. The van der Waals surface area contributed by atoms with E-state index in [1.54, 1.807) is 0 Å². The highest BCUT2D eigenvalue weighted by Crippen LogP contribution is 2.34. The van der Waals surface area contributed by atoms with E-state index in [-0.39, 0.29) is 11.4 Å². The minimum atomic E-state index is -4.56. The molecule has 1 aromatic heterocycles. The van der Waals surface area contributed by atoms with Crippen LogP contribution in [0.25, 0.3) is 5.69 Å². The topological polar surface area (TPSA) is 59.8 Å². The molecular weight excluding hydrogens is 473 g/mol. The molecule has 0 saturated carbocycles. The normalized spacial score (nSPS) is 11.5. The van der Waals surface area contributed by atoms with Crippen LogP contribution in [0.3, 0.4) is 0 Å². The van der Waals surface area contributed by atoms with Crippen LogP contribution >= 0.6 is 11.8 Å². The second-order valence-electron chi connectivity index (χ2n) is 8.05. The summed E-state index contributed by atoms with van der Waals surface area (Å²) < 4.78 is 41.7. The van der Waals surface area contributed by atoms with E-state index in [1.807, 2.05) is 66.9 Å². The van der Waals surface area contributed by atoms with Gasteiger partial charge in [-0.25, -0.2) is 0 Å². The van der Waals surface area contributed by atoms with Crippen molar-refractivity contribution in [2.75, 3.05) is 11.1 Å². The number of nitrogens with zero attached hydrogens (tertiary/aromatic N) is 3. The zero-order valence-electron chi connectivity index (χ0n) is 19.1. The number of carbonyl (C=O) groups is 1. The highest BCUT2D eigenvalue weighted by Gasteiger charge is 2.33. The van der Waals surface area contributed by atoms with Crippen molar-refractivity contribution in [3.8, 4) is 5.69 Å². The van der Waals surface area contributed by atoms with E-state index in [0.717, 1.165) is 40.2 Å². The highest BCUT2D eigenvalue weighted by molar-refractivity contribution is 7.99. The number of anilines is 1. The fourth-order valence-electron chi connectivity index (χ4n) is 3.57. The monoisotopic (exact) mass is 496 g/mol. The first kappa shape index (κ1) is 24.5. The quantitative estimate of drug-likeness (QED) is 0.309. The molecule has 0 spiro atoms. The predicted molar refractivity (Wildman–Crippen MR) is 131 cm³/mol. The molecule has 1 N–H and O–H groups in total. The molecule has 9 heteroatoms. The molecule has 0 aliphatic heterocycles. The van der Waals surface area contributed by atoms with E-state index in [0.29, 0.717) is 17.4 Å². The molecule has 35 heavy (non-hydrogen) atoms. The van der Waals surface area contributed by atoms with Crippen molar-refractivity contribution in [2.24, 2.45) is 0 Å². The SMILES string of the molecule is Cc1ccc(-n2c(Cc3ccccc3)nnc2SCC(=O)Nc2ccccc2C(F)(F)F)cc1C. The first-order chi connectivity index (χ1) is 16.7. The Labute approximate surface area is 205 Å². The lowest BCUT2D eigenvalue weighted by molar-refractivity contribution is -0.137. The van der Waals surface area contributed by atoms with Gasteiger partial charge in [-0.3, -0.25) is 9.36 Å². The number of carbonyl (C=O) groups excluding carboxylic acids is 1. The van der Waals surface area contributed by atoms with Gasteiger partial charge in [-0.2, -0.15) is 13.2 Å². The second kappa shape index (κ2) is 10.4. The van der Waals surface area contributed by atoms with Crippen molar-refractivity contribution in [1.82, 2.24) is 14.8 Å². The Hall–Kier alpha value is -3.59. The van der Waals surface area contributed by atoms with Crippen molar-refractivity contribution >= 4 is 23.4 Å². The van der Waals surface area contributed by atoms with Crippen LogP contribution in [-0.2, 0) is 17.4 Å². The Kier molecular flexibility index (Phi) is 7.25. The number of hydrogen-bond donors (Lipinski definition) is 1. The first-order valence-corrected chi connectivity index (χ1v) is 11.9. The van der Waals surface area contributed by atoms with Crippen molar-refractivity contribution < 1.29 is 18.0 Å². The van der Waals surface area contributed by atoms with Crippen LogP contribution in [0.1, 0.15) is 28.1 Å². The summed E-state index contributed by atoms with van der Waals surface area (Å²) >= 11 is 1.12. The molecule has 0 saturated heterocycles. The Morgan fingerprint density at radius 3 is 2.37 bits per heavy atom. The van der Waals surface area contributed by atoms with Crippen LogP contribution in [0.5, 0.6) is 0 Å². The maximum absolute atomic E-state index is 13.3. The Morgan fingerprint density at radius 1 is 0.943 bits per heavy atom. The number of halogens is 3. The molecule has 3 aromatic carbocycles. The Balaban J connectivity index is 1.58. The highest BCUT2D eigenvalue weighted by atomic mass is 32.2. The summed E-state index contributed by atoms with van der Waals surface area (Å²) in [4.78, 5) is 12.6. The van der Waals surface area contributed by atoms with Crippen molar-refractivity contribution in [1.29, 1.82) is 0 Å². The predicted octanol–water partition coefficient (Wildman–Crippen LogP) is 6.22. The van der Waals surface area contributed by atoms with E-state index < -0.39 is 17.6 Å². The lowest BCUT2D eigenvalue weighted by Crippen LogP contribution is -2.18. The Bertz CT molecular complexity index is 1340. The third kappa shape index (κ3) is 5.92. The van der Waals surface area contributed by atoms with E-state index in [4.69, 9.17) is 0 Å². The number of para-hydroxylation sites is 1. The van der Waals surface area contributed by atoms with Gasteiger partial charge in [-0.1, -0.05) is 60.3 Å². The lowest BCUT2D eigenvalue weighted by atomic mass is 10.1. The Morgan fingerprint density at radius 2 is 1.66 bits per heavy atom. The molecule has 0 aliphatic rings. The number of rotatable bonds is 7. The molecule has 1 heterocycles. The van der Waals surface area contributed by atoms with Crippen LogP contribution in [0.2, 0.25) is 0 Å². The molecule has 0 atom stereocenters. The number of hydrogen-bond acceptors (Lipinski definition) is 4. The molecule has 0 unspecified atom stereocenters. The summed E-state index contributed by atoms with van der Waals surface area (Å²) in [6.45, 7) is 4.04. The fourth-order valence-corrected chi connectivity index (χ4v) is 4.34. The van der Waals surface area contributed by atoms with Gasteiger partial charge in [0, 0.05) is 12.1 Å². The molecular formula is C26H23F3N4OS. The van der Waals surface area contributed by atoms with E-state index in [1.165, 1.54) is 18.2 Å². The zero-order valence-corrected chi connectivity index (χ0v) is 20.0. The molecule has 1 amide bonds. The summed E-state index contributed by atoms with van der Waals surface area (Å²) in [7, 11) is 0. The zero-order chi connectivity index (χ0) is 25.0. The van der Waals surface area contributed by atoms with E-state index in [2.05, 4.69) is 15.5 Å². The smallest absolute Gasteiger partial charge is 0.325 e. The molecule has 4 rings (SSSR count). The summed E-state index contributed by atoms with van der Waals surface area (Å²) in [5.74, 6) is 0.0104. The third-order valence-corrected chi connectivity index (χ3v) is 6.42. The maximum atomic E-state index is 13.3. The molecule has 180 valence electrons. The molecule has 4 aromatic rings. The number of benzene rings is 3. The number of nitrogens with one attached hydrogen (secondary N) is 1. The van der Waals surface area contributed by atoms with Crippen LogP contribution < -0.4 is 5.32 Å². The number of alkyl halides is 3. The fraction of sp³-hybridized carbons (Fsp3) is 0.192. The standard InChI is InChI=1S/C26H23F3N4OS/c1-17-12-13-20(14-18(17)2)33-23(15-19-8-4-3-5-9-19)31-32-25(33)35-16-24(34)30-22-11-7-6-10-21(22)26(27,28)29/h3-14H,15-16H2,1-2H3,(H,30,34). The van der Waals surface area contributed by atoms with Gasteiger partial charge < -0.3 is 5.32 Å². The van der Waals surface area contributed by atoms with Crippen molar-refractivity contribution in [3.63, 3.8) is 0 Å². The van der Waals surface area contributed by atoms with Crippen LogP contribution in [0.4, 0.5) is 18.9 Å². The van der Waals surface area contributed by atoms with Gasteiger partial charge in [0.25, 0.3) is 0 Å². The van der Waals surface area contributed by atoms with Crippen LogP contribution in [0.15, 0.2) is 78.0 Å². The minimum absolute atomic E-state index is 0.124. The summed E-state index contributed by atoms with van der Waals surface area (Å²) in [6, 6.07) is 20.7. The maximum Gasteiger partial charge on any atom is 0.418 e. The van der Waals surface area contributed by atoms with Gasteiger partial charge in [0.15, 0.2) is 5.16 Å². The summed E-state index contributed by atoms with van der Waals surface area (Å²) in [5.41, 5.74) is 2.99. The molecule has 0 bridgehead atoms. The number of thioether (sulfide) groups is 1. The van der Waals surface area contributed by atoms with Gasteiger partial charge in [-0.15, -0.1) is 10.2 Å². The largest absolute Gasteiger partial charge is 0.418 e. The summed E-state index contributed by atoms with van der Waals surface area (Å²) in [5, 5.41) is 11.5. The average molecular weight is 497 g/mol. The van der Waals surface area contributed by atoms with E-state index >= 15 is 0 Å². The van der Waals surface area contributed by atoms with E-state index in [9.17, 15) is 18.0 Å². The number of aryl methyl sites for hydroxylation is 2. The van der Waals surface area contributed by atoms with Gasteiger partial charge in [0.2, 0.25) is 5.91 Å². The van der Waals surface area contributed by atoms with Gasteiger partial charge in [0.05, 0.1) is 17.0 Å². The molecule has 5 nitrogen and oxygen atoms in total. The van der Waals surface area contributed by atoms with Gasteiger partial charge in [0.1, 0.15) is 5.82 Å². The van der Waals surface area contributed by atoms with Gasteiger partial charge in [-0.05, 0) is 54.8 Å². The lowest BCUT2D eigenvalue weighted by Gasteiger charge is -2.14. The van der Waals surface area contributed by atoms with Crippen LogP contribution in [0, 0.1) is 13.8 Å². The van der Waals surface area contributed by atoms with Crippen molar-refractivity contribution in [2.45, 2.75) is 31.6 Å². The summed E-state index contributed by atoms with van der Waals surface area (Å²) in [6.07, 6.45) is -4.03. The van der Waals surface area contributed by atoms with Crippen molar-refractivity contribution in [3.05, 3.63) is 101 Å². The molecule has 0 radical (unpaired) electrons. The minimum Gasteiger partial charge on any atom is -0.325 e. The average Bonchev–Trinajstić information content (AvgIpc) is 3.22. The van der Waals surface area contributed by atoms with Crippen LogP contribution in [-0.4, -0.2) is 26.4 Å². The third-order valence-electron chi connectivity index (χ3n) is 5.49. The molecule has 0 fully saturated rings. The van der Waals surface area contributed by atoms with Gasteiger partial charge >= 0.3 is 6.18 Å².